The average molecular weight is 238 g/mol. The second-order valence-corrected chi connectivity index (χ2v) is 5.57. The molecule has 0 saturated carbocycles. The van der Waals surface area contributed by atoms with Crippen molar-refractivity contribution >= 4 is 6.21 Å². The average Bonchev–Trinajstić information content (AvgIpc) is 2.32. The molecule has 0 fully saturated rings. The lowest BCUT2D eigenvalue weighted by Gasteiger charge is -2.35. The monoisotopic (exact) mass is 238 g/mol. The first-order valence-corrected chi connectivity index (χ1v) is 7.48. The molecule has 1 heterocycles. The molecule has 0 aromatic rings. The standard InChI is InChI=1S/C15H30N2/c1-5-7-8-10-14(9-6-2)15-12(3)11-16-13(4)17-15/h11-15,17H,5-10H2,1-4H3. The third-order valence-corrected chi connectivity index (χ3v) is 3.89. The number of nitrogens with zero attached hydrogens (tertiary/aromatic N) is 1. The Labute approximate surface area is 107 Å². The lowest BCUT2D eigenvalue weighted by Crippen LogP contribution is -2.48. The number of hydrogen-bond donors (Lipinski definition) is 1. The third-order valence-electron chi connectivity index (χ3n) is 3.89. The van der Waals surface area contributed by atoms with Crippen LogP contribution < -0.4 is 5.32 Å². The van der Waals surface area contributed by atoms with Crippen LogP contribution in [-0.4, -0.2) is 18.4 Å². The van der Waals surface area contributed by atoms with E-state index in [-0.39, 0.29) is 0 Å². The van der Waals surface area contributed by atoms with Gasteiger partial charge in [0, 0.05) is 18.2 Å². The Bertz CT molecular complexity index is 225. The highest BCUT2D eigenvalue weighted by molar-refractivity contribution is 5.62. The van der Waals surface area contributed by atoms with Crippen LogP contribution in [0.5, 0.6) is 0 Å². The SMILES string of the molecule is CCCCCC(CCC)C1NC(C)N=CC1C. The first-order valence-electron chi connectivity index (χ1n) is 7.48. The fourth-order valence-electron chi connectivity index (χ4n) is 2.93. The molecule has 4 unspecified atom stereocenters. The van der Waals surface area contributed by atoms with E-state index in [0.29, 0.717) is 18.1 Å². The summed E-state index contributed by atoms with van der Waals surface area (Å²) in [5.41, 5.74) is 0. The number of nitrogens with one attached hydrogen (secondary N) is 1. The normalized spacial score (nSPS) is 30.5. The van der Waals surface area contributed by atoms with E-state index in [1.165, 1.54) is 38.5 Å². The highest BCUT2D eigenvalue weighted by atomic mass is 15.1. The first-order chi connectivity index (χ1) is 8.19. The Morgan fingerprint density at radius 3 is 2.53 bits per heavy atom. The summed E-state index contributed by atoms with van der Waals surface area (Å²) in [6.45, 7) is 9.04. The minimum atomic E-state index is 0.307. The van der Waals surface area contributed by atoms with Gasteiger partial charge in [-0.25, -0.2) is 0 Å². The van der Waals surface area contributed by atoms with Crippen molar-refractivity contribution in [1.82, 2.24) is 5.32 Å². The number of unbranched alkanes of at least 4 members (excludes halogenated alkanes) is 2. The summed E-state index contributed by atoms with van der Waals surface area (Å²) >= 11 is 0. The predicted molar refractivity (Wildman–Crippen MR) is 76.6 cm³/mol. The molecule has 0 aromatic carbocycles. The van der Waals surface area contributed by atoms with Crippen molar-refractivity contribution in [2.75, 3.05) is 0 Å². The van der Waals surface area contributed by atoms with Gasteiger partial charge in [-0.2, -0.15) is 0 Å². The highest BCUT2D eigenvalue weighted by Crippen LogP contribution is 2.25. The molecule has 1 rings (SSSR count). The van der Waals surface area contributed by atoms with Crippen molar-refractivity contribution < 1.29 is 0 Å². The summed E-state index contributed by atoms with van der Waals surface area (Å²) in [5.74, 6) is 1.42. The van der Waals surface area contributed by atoms with Crippen LogP contribution in [0.1, 0.15) is 66.2 Å². The van der Waals surface area contributed by atoms with E-state index in [4.69, 9.17) is 0 Å². The van der Waals surface area contributed by atoms with Gasteiger partial charge in [0.2, 0.25) is 0 Å². The first kappa shape index (κ1) is 14.7. The van der Waals surface area contributed by atoms with Crippen LogP contribution in [0.2, 0.25) is 0 Å². The maximum absolute atomic E-state index is 4.46. The van der Waals surface area contributed by atoms with Crippen molar-refractivity contribution in [3.63, 3.8) is 0 Å². The molecule has 0 spiro atoms. The minimum absolute atomic E-state index is 0.307. The van der Waals surface area contributed by atoms with Gasteiger partial charge in [0.05, 0.1) is 6.17 Å². The van der Waals surface area contributed by atoms with Gasteiger partial charge in [0.1, 0.15) is 0 Å². The second-order valence-electron chi connectivity index (χ2n) is 5.57. The molecule has 1 aliphatic heterocycles. The Morgan fingerprint density at radius 1 is 1.12 bits per heavy atom. The van der Waals surface area contributed by atoms with Crippen LogP contribution in [0.15, 0.2) is 4.99 Å². The summed E-state index contributed by atoms with van der Waals surface area (Å²) in [6, 6.07) is 0.638. The molecule has 0 amide bonds. The van der Waals surface area contributed by atoms with E-state index in [9.17, 15) is 0 Å². The molecule has 1 aliphatic rings. The Kier molecular flexibility index (Phi) is 6.79. The van der Waals surface area contributed by atoms with E-state index < -0.39 is 0 Å². The largest absolute Gasteiger partial charge is 0.292 e. The summed E-state index contributed by atoms with van der Waals surface area (Å²) in [5, 5.41) is 3.68. The van der Waals surface area contributed by atoms with Crippen LogP contribution in [0, 0.1) is 11.8 Å². The molecular formula is C15H30N2. The van der Waals surface area contributed by atoms with Gasteiger partial charge in [0.15, 0.2) is 0 Å². The second kappa shape index (κ2) is 7.86. The zero-order valence-electron chi connectivity index (χ0n) is 12.1. The topological polar surface area (TPSA) is 24.4 Å². The lowest BCUT2D eigenvalue weighted by molar-refractivity contribution is 0.247. The molecule has 1 N–H and O–H groups in total. The van der Waals surface area contributed by atoms with Crippen LogP contribution in [0.3, 0.4) is 0 Å². The summed E-state index contributed by atoms with van der Waals surface area (Å²) in [7, 11) is 0. The minimum Gasteiger partial charge on any atom is -0.292 e. The third kappa shape index (κ3) is 4.79. The van der Waals surface area contributed by atoms with E-state index in [0.717, 1.165) is 5.92 Å². The van der Waals surface area contributed by atoms with Gasteiger partial charge < -0.3 is 0 Å². The van der Waals surface area contributed by atoms with E-state index in [1.54, 1.807) is 0 Å². The van der Waals surface area contributed by atoms with Crippen LogP contribution in [-0.2, 0) is 0 Å². The van der Waals surface area contributed by atoms with Gasteiger partial charge >= 0.3 is 0 Å². The van der Waals surface area contributed by atoms with E-state index in [1.807, 2.05) is 0 Å². The molecule has 2 nitrogen and oxygen atoms in total. The summed E-state index contributed by atoms with van der Waals surface area (Å²) < 4.78 is 0. The van der Waals surface area contributed by atoms with Crippen molar-refractivity contribution in [1.29, 1.82) is 0 Å². The van der Waals surface area contributed by atoms with Gasteiger partial charge in [-0.05, 0) is 25.7 Å². The molecule has 0 aromatic heterocycles. The molecule has 17 heavy (non-hydrogen) atoms. The molecule has 0 aliphatic carbocycles. The smallest absolute Gasteiger partial charge is 0.0964 e. The molecule has 4 atom stereocenters. The zero-order chi connectivity index (χ0) is 12.7. The fourth-order valence-corrected chi connectivity index (χ4v) is 2.93. The van der Waals surface area contributed by atoms with Crippen molar-refractivity contribution in [2.24, 2.45) is 16.8 Å². The maximum Gasteiger partial charge on any atom is 0.0964 e. The van der Waals surface area contributed by atoms with Crippen LogP contribution >= 0.6 is 0 Å². The van der Waals surface area contributed by atoms with E-state index >= 15 is 0 Å². The molecule has 2 heteroatoms. The van der Waals surface area contributed by atoms with E-state index in [2.05, 4.69) is 44.2 Å². The molecular weight excluding hydrogens is 208 g/mol. The molecule has 0 saturated heterocycles. The van der Waals surface area contributed by atoms with Gasteiger partial charge in [0.25, 0.3) is 0 Å². The Hall–Kier alpha value is -0.370. The Morgan fingerprint density at radius 2 is 1.88 bits per heavy atom. The van der Waals surface area contributed by atoms with Crippen LogP contribution in [0.25, 0.3) is 0 Å². The van der Waals surface area contributed by atoms with Crippen molar-refractivity contribution in [2.45, 2.75) is 78.4 Å². The van der Waals surface area contributed by atoms with Crippen LogP contribution in [0.4, 0.5) is 0 Å². The summed E-state index contributed by atoms with van der Waals surface area (Å²) in [6.07, 6.45) is 10.6. The zero-order valence-corrected chi connectivity index (χ0v) is 12.1. The van der Waals surface area contributed by atoms with Crippen molar-refractivity contribution in [3.05, 3.63) is 0 Å². The summed E-state index contributed by atoms with van der Waals surface area (Å²) in [4.78, 5) is 4.46. The Balaban J connectivity index is 2.52. The van der Waals surface area contributed by atoms with Crippen molar-refractivity contribution in [3.8, 4) is 0 Å². The van der Waals surface area contributed by atoms with Gasteiger partial charge in [-0.1, -0.05) is 46.5 Å². The predicted octanol–water partition coefficient (Wildman–Crippen LogP) is 4.01. The van der Waals surface area contributed by atoms with Gasteiger partial charge in [-0.3, -0.25) is 10.3 Å². The molecule has 100 valence electrons. The van der Waals surface area contributed by atoms with Gasteiger partial charge in [-0.15, -0.1) is 0 Å². The quantitative estimate of drug-likeness (QED) is 0.666. The number of aliphatic imine (C=N–C) groups is 1. The number of rotatable bonds is 7. The fraction of sp³-hybridized carbons (Fsp3) is 0.933. The molecule has 0 bridgehead atoms. The number of hydrogen-bond acceptors (Lipinski definition) is 2. The molecule has 0 radical (unpaired) electrons. The maximum atomic E-state index is 4.46. The highest BCUT2D eigenvalue weighted by Gasteiger charge is 2.28. The lowest BCUT2D eigenvalue weighted by atomic mass is 9.82.